The second-order valence-electron chi connectivity index (χ2n) is 13.0. The number of ether oxygens (including phenoxy) is 2. The quantitative estimate of drug-likeness (QED) is 0.0142. The fraction of sp³-hybridized carbons (Fsp3) is 0.732. The predicted molar refractivity (Wildman–Crippen MR) is 211 cm³/mol. The summed E-state index contributed by atoms with van der Waals surface area (Å²) < 4.78 is 33.0. The van der Waals surface area contributed by atoms with Crippen LogP contribution in [0.25, 0.3) is 0 Å². The molecule has 296 valence electrons. The van der Waals surface area contributed by atoms with Gasteiger partial charge in [0.2, 0.25) is 0 Å². The van der Waals surface area contributed by atoms with Crippen LogP contribution in [0.15, 0.2) is 60.9 Å². The van der Waals surface area contributed by atoms with E-state index in [1.165, 1.54) is 70.6 Å². The molecule has 0 aliphatic rings. The lowest BCUT2D eigenvalue weighted by molar-refractivity contribution is -0.153. The number of aliphatic hydroxyl groups excluding tert-OH is 1. The number of unbranched alkanes of at least 4 members (excludes halogenated alkanes) is 15. The molecule has 0 rings (SSSR count). The van der Waals surface area contributed by atoms with Gasteiger partial charge in [-0.1, -0.05) is 133 Å². The van der Waals surface area contributed by atoms with E-state index in [-0.39, 0.29) is 32.8 Å². The molecule has 0 radical (unpaired) electrons. The van der Waals surface area contributed by atoms with Crippen LogP contribution in [0.3, 0.4) is 0 Å². The highest BCUT2D eigenvalue weighted by molar-refractivity contribution is 7.47. The van der Waals surface area contributed by atoms with Crippen molar-refractivity contribution in [3.8, 4) is 0 Å². The van der Waals surface area contributed by atoms with E-state index in [2.05, 4.69) is 44.2 Å². The summed E-state index contributed by atoms with van der Waals surface area (Å²) in [6, 6.07) is 0. The summed E-state index contributed by atoms with van der Waals surface area (Å²) in [5.74, 6) is -0.413. The van der Waals surface area contributed by atoms with E-state index in [1.807, 2.05) is 24.3 Å². The molecule has 10 heteroatoms. The van der Waals surface area contributed by atoms with Crippen molar-refractivity contribution < 1.29 is 37.9 Å². The highest BCUT2D eigenvalue weighted by atomic mass is 31.2. The second kappa shape index (κ2) is 37.7. The van der Waals surface area contributed by atoms with Crippen molar-refractivity contribution in [2.75, 3.05) is 26.4 Å². The van der Waals surface area contributed by atoms with E-state index in [4.69, 9.17) is 24.3 Å². The molecule has 3 atom stereocenters. The van der Waals surface area contributed by atoms with Gasteiger partial charge in [-0.05, 0) is 70.3 Å². The first-order valence-electron chi connectivity index (χ1n) is 19.9. The minimum Gasteiger partial charge on any atom is -0.498 e. The monoisotopic (exact) mass is 740 g/mol. The van der Waals surface area contributed by atoms with Gasteiger partial charge in [0, 0.05) is 13.0 Å². The van der Waals surface area contributed by atoms with E-state index < -0.39 is 26.0 Å². The van der Waals surface area contributed by atoms with E-state index >= 15 is 0 Å². The minimum atomic E-state index is -4.32. The number of esters is 1. The number of nitrogens with two attached hydrogens (primary N) is 1. The highest BCUT2D eigenvalue weighted by Gasteiger charge is 2.25. The summed E-state index contributed by atoms with van der Waals surface area (Å²) in [5.41, 5.74) is 5.34. The van der Waals surface area contributed by atoms with Crippen molar-refractivity contribution in [1.82, 2.24) is 0 Å². The molecule has 0 amide bonds. The molecule has 51 heavy (non-hydrogen) atoms. The van der Waals surface area contributed by atoms with Gasteiger partial charge in [0.05, 0.1) is 25.6 Å². The van der Waals surface area contributed by atoms with Crippen LogP contribution >= 0.6 is 7.82 Å². The van der Waals surface area contributed by atoms with Crippen LogP contribution < -0.4 is 5.73 Å². The fourth-order valence-electron chi connectivity index (χ4n) is 5.14. The number of carbonyl (C=O) groups excluding carboxylic acids is 1. The van der Waals surface area contributed by atoms with Crippen molar-refractivity contribution in [2.45, 2.75) is 167 Å². The fourth-order valence-corrected chi connectivity index (χ4v) is 5.90. The molecule has 0 spiro atoms. The molecule has 0 fully saturated rings. The summed E-state index contributed by atoms with van der Waals surface area (Å²) in [4.78, 5) is 22.4. The summed E-state index contributed by atoms with van der Waals surface area (Å²) in [6.45, 7) is 3.96. The summed E-state index contributed by atoms with van der Waals surface area (Å²) >= 11 is 0. The van der Waals surface area contributed by atoms with Crippen LogP contribution in [0.5, 0.6) is 0 Å². The average molecular weight is 740 g/mol. The Morgan fingerprint density at radius 3 is 2.02 bits per heavy atom. The van der Waals surface area contributed by atoms with Crippen molar-refractivity contribution in [1.29, 1.82) is 0 Å². The third-order valence-electron chi connectivity index (χ3n) is 8.09. The van der Waals surface area contributed by atoms with Gasteiger partial charge in [-0.25, -0.2) is 4.57 Å². The first-order valence-corrected chi connectivity index (χ1v) is 21.4. The molecule has 0 aromatic heterocycles. The van der Waals surface area contributed by atoms with Crippen LogP contribution in [-0.4, -0.2) is 54.5 Å². The van der Waals surface area contributed by atoms with E-state index in [1.54, 1.807) is 6.26 Å². The molecule has 0 aromatic rings. The second-order valence-corrected chi connectivity index (χ2v) is 14.5. The van der Waals surface area contributed by atoms with Gasteiger partial charge in [-0.3, -0.25) is 13.8 Å². The largest absolute Gasteiger partial charge is 0.498 e. The van der Waals surface area contributed by atoms with E-state index in [9.17, 15) is 19.4 Å². The SMILES string of the molecule is CC/C=C/C/C=C/C=C/C(O)CCCCCCCC(=O)O[C@H](CO/C=C/CCCCCCCC/C=C\CCCCCC)COP(=O)(O)OCCN. The Balaban J connectivity index is 4.24. The van der Waals surface area contributed by atoms with Crippen LogP contribution in [-0.2, 0) is 27.9 Å². The third-order valence-corrected chi connectivity index (χ3v) is 9.07. The van der Waals surface area contributed by atoms with Crippen molar-refractivity contribution >= 4 is 13.8 Å². The van der Waals surface area contributed by atoms with E-state index in [0.29, 0.717) is 12.8 Å². The molecule has 9 nitrogen and oxygen atoms in total. The van der Waals surface area contributed by atoms with Gasteiger partial charge in [0.1, 0.15) is 6.61 Å². The van der Waals surface area contributed by atoms with Crippen molar-refractivity contribution in [3.63, 3.8) is 0 Å². The number of rotatable bonds is 37. The number of hydrogen-bond acceptors (Lipinski definition) is 8. The lowest BCUT2D eigenvalue weighted by atomic mass is 10.1. The lowest BCUT2D eigenvalue weighted by Gasteiger charge is -2.19. The Morgan fingerprint density at radius 1 is 0.725 bits per heavy atom. The molecule has 0 aromatic carbocycles. The molecule has 0 aliphatic heterocycles. The smallest absolute Gasteiger partial charge is 0.472 e. The summed E-state index contributed by atoms with van der Waals surface area (Å²) in [5, 5.41) is 10.1. The zero-order chi connectivity index (χ0) is 37.5. The van der Waals surface area contributed by atoms with Crippen LogP contribution in [0.2, 0.25) is 0 Å². The Morgan fingerprint density at radius 2 is 1.35 bits per heavy atom. The first-order chi connectivity index (χ1) is 24.8. The summed E-state index contributed by atoms with van der Waals surface area (Å²) in [6.07, 6.45) is 42.0. The van der Waals surface area contributed by atoms with Gasteiger partial charge < -0.3 is 25.2 Å². The normalized spacial score (nSPS) is 14.8. The maximum absolute atomic E-state index is 12.5. The minimum absolute atomic E-state index is 0.00517. The molecule has 0 saturated heterocycles. The predicted octanol–water partition coefficient (Wildman–Crippen LogP) is 10.7. The molecule has 2 unspecified atom stereocenters. The molecular formula is C41H74NO8P. The van der Waals surface area contributed by atoms with Gasteiger partial charge >= 0.3 is 13.8 Å². The van der Waals surface area contributed by atoms with Gasteiger partial charge in [0.15, 0.2) is 6.10 Å². The van der Waals surface area contributed by atoms with Crippen LogP contribution in [0.1, 0.15) is 155 Å². The van der Waals surface area contributed by atoms with Crippen LogP contribution in [0.4, 0.5) is 0 Å². The number of phosphoric acid groups is 1. The number of carbonyl (C=O) groups is 1. The number of hydrogen-bond donors (Lipinski definition) is 3. The van der Waals surface area contributed by atoms with E-state index in [0.717, 1.165) is 51.4 Å². The number of phosphoric ester groups is 1. The molecule has 4 N–H and O–H groups in total. The van der Waals surface area contributed by atoms with Gasteiger partial charge in [-0.15, -0.1) is 0 Å². The van der Waals surface area contributed by atoms with Gasteiger partial charge in [0.25, 0.3) is 0 Å². The maximum Gasteiger partial charge on any atom is 0.472 e. The Hall–Kier alpha value is -2.00. The standard InChI is InChI=1S/C41H74NO8P/c1-3-5-7-9-11-12-13-14-15-16-17-18-19-21-26-30-35-47-37-40(38-49-51(45,46)48-36-34-42)50-41(44)33-29-25-22-24-28-32-39(43)31-27-23-20-10-8-6-4-2/h6,8,12-13,20,23,27,30-31,35,39-40,43H,3-5,7,9-11,14-19,21-22,24-26,28-29,32-34,36-38,42H2,1-2H3,(H,45,46)/b8-6+,13-12-,23-20+,31-27+,35-30+/t39?,40-/m1/s1. The van der Waals surface area contributed by atoms with Crippen molar-refractivity contribution in [3.05, 3.63) is 60.9 Å². The Labute approximate surface area is 311 Å². The molecule has 0 bridgehead atoms. The maximum atomic E-state index is 12.5. The zero-order valence-electron chi connectivity index (χ0n) is 32.2. The average Bonchev–Trinajstić information content (AvgIpc) is 3.11. The number of allylic oxidation sites excluding steroid dienone is 8. The third kappa shape index (κ3) is 37.6. The molecule has 0 heterocycles. The Bertz CT molecular complexity index is 981. The molecule has 0 aliphatic carbocycles. The highest BCUT2D eigenvalue weighted by Crippen LogP contribution is 2.43. The first kappa shape index (κ1) is 49.0. The van der Waals surface area contributed by atoms with Gasteiger partial charge in [-0.2, -0.15) is 0 Å². The molecular weight excluding hydrogens is 665 g/mol. The zero-order valence-corrected chi connectivity index (χ0v) is 33.1. The topological polar surface area (TPSA) is 138 Å². The Kier molecular flexibility index (Phi) is 36.3. The van der Waals surface area contributed by atoms with Crippen molar-refractivity contribution in [2.24, 2.45) is 5.73 Å². The molecule has 0 saturated carbocycles. The van der Waals surface area contributed by atoms with Crippen LogP contribution in [0, 0.1) is 0 Å². The summed E-state index contributed by atoms with van der Waals surface area (Å²) in [7, 11) is -4.32. The lowest BCUT2D eigenvalue weighted by Crippen LogP contribution is -2.27. The number of aliphatic hydroxyl groups is 1.